The molecule has 0 N–H and O–H groups in total. The molecule has 0 unspecified atom stereocenters. The van der Waals surface area contributed by atoms with Gasteiger partial charge in [0.25, 0.3) is 0 Å². The van der Waals surface area contributed by atoms with Crippen LogP contribution in [0, 0.1) is 23.4 Å². The first-order valence-corrected chi connectivity index (χ1v) is 8.97. The van der Waals surface area contributed by atoms with Crippen molar-refractivity contribution in [3.63, 3.8) is 0 Å². The average molecular weight is 349 g/mol. The number of imidazole rings is 1. The van der Waals surface area contributed by atoms with Crippen LogP contribution in [0.2, 0.25) is 0 Å². The Kier molecular flexibility index (Phi) is 4.54. The lowest BCUT2D eigenvalue weighted by atomic mass is 9.96. The highest BCUT2D eigenvalue weighted by molar-refractivity contribution is 5.19. The van der Waals surface area contributed by atoms with E-state index >= 15 is 0 Å². The van der Waals surface area contributed by atoms with Crippen molar-refractivity contribution in [2.45, 2.75) is 44.7 Å². The maximum absolute atomic E-state index is 13.4. The molecule has 25 heavy (non-hydrogen) atoms. The third kappa shape index (κ3) is 3.73. The zero-order valence-corrected chi connectivity index (χ0v) is 14.1. The topological polar surface area (TPSA) is 21.1 Å². The van der Waals surface area contributed by atoms with Crippen molar-refractivity contribution in [1.82, 2.24) is 14.5 Å². The van der Waals surface area contributed by atoms with Gasteiger partial charge in [0.05, 0.1) is 0 Å². The third-order valence-corrected chi connectivity index (χ3v) is 5.22. The van der Waals surface area contributed by atoms with E-state index in [-0.39, 0.29) is 0 Å². The molecule has 6 heteroatoms. The first-order valence-electron chi connectivity index (χ1n) is 8.97. The minimum Gasteiger partial charge on any atom is -0.334 e. The molecule has 0 amide bonds. The second-order valence-corrected chi connectivity index (χ2v) is 7.33. The predicted molar refractivity (Wildman–Crippen MR) is 88.5 cm³/mol. The summed E-state index contributed by atoms with van der Waals surface area (Å²) in [6, 6.07) is 2.19. The summed E-state index contributed by atoms with van der Waals surface area (Å²) in [5.74, 6) is -1.40. The molecule has 2 aromatic rings. The Bertz CT molecular complexity index is 731. The van der Waals surface area contributed by atoms with Gasteiger partial charge in [-0.3, -0.25) is 4.90 Å². The zero-order valence-electron chi connectivity index (χ0n) is 14.1. The monoisotopic (exact) mass is 349 g/mol. The highest BCUT2D eigenvalue weighted by Gasteiger charge is 2.28. The van der Waals surface area contributed by atoms with Gasteiger partial charge in [-0.25, -0.2) is 18.2 Å². The number of nitrogens with zero attached hydrogens (tertiary/aromatic N) is 3. The van der Waals surface area contributed by atoms with Crippen LogP contribution in [0.15, 0.2) is 24.5 Å². The van der Waals surface area contributed by atoms with Crippen molar-refractivity contribution in [3.8, 4) is 0 Å². The number of piperidine rings is 1. The number of likely N-dealkylation sites (tertiary alicyclic amines) is 1. The van der Waals surface area contributed by atoms with E-state index in [1.54, 1.807) is 0 Å². The summed E-state index contributed by atoms with van der Waals surface area (Å²) in [6.45, 7) is 3.15. The maximum atomic E-state index is 13.4. The second-order valence-electron chi connectivity index (χ2n) is 7.33. The Morgan fingerprint density at radius 1 is 1.08 bits per heavy atom. The Morgan fingerprint density at radius 3 is 2.56 bits per heavy atom. The van der Waals surface area contributed by atoms with Crippen molar-refractivity contribution < 1.29 is 13.2 Å². The van der Waals surface area contributed by atoms with Gasteiger partial charge in [-0.1, -0.05) is 0 Å². The van der Waals surface area contributed by atoms with E-state index in [1.165, 1.54) is 12.8 Å². The van der Waals surface area contributed by atoms with Gasteiger partial charge >= 0.3 is 0 Å². The summed E-state index contributed by atoms with van der Waals surface area (Å²) >= 11 is 0. The fraction of sp³-hybridized carbons (Fsp3) is 0.526. The second kappa shape index (κ2) is 6.83. The molecule has 1 aliphatic heterocycles. The van der Waals surface area contributed by atoms with Gasteiger partial charge < -0.3 is 4.57 Å². The lowest BCUT2D eigenvalue weighted by molar-refractivity contribution is 0.194. The smallest absolute Gasteiger partial charge is 0.194 e. The Hall–Kier alpha value is -1.82. The molecular formula is C19H22F3N3. The molecule has 2 fully saturated rings. The van der Waals surface area contributed by atoms with Crippen LogP contribution in [0.1, 0.15) is 43.0 Å². The quantitative estimate of drug-likeness (QED) is 0.758. The number of hydrogen-bond donors (Lipinski definition) is 0. The molecule has 0 spiro atoms. The van der Waals surface area contributed by atoms with Gasteiger partial charge in [0.1, 0.15) is 5.82 Å². The summed E-state index contributed by atoms with van der Waals surface area (Å²) in [5.41, 5.74) is 0.471. The molecule has 4 rings (SSSR count). The number of halogens is 3. The summed E-state index contributed by atoms with van der Waals surface area (Å²) in [6.07, 6.45) is 8.61. The molecule has 0 bridgehead atoms. The van der Waals surface area contributed by atoms with Crippen LogP contribution in [0.4, 0.5) is 13.2 Å². The zero-order chi connectivity index (χ0) is 17.4. The Balaban J connectivity index is 1.45. The van der Waals surface area contributed by atoms with Gasteiger partial charge in [-0.05, 0) is 55.8 Å². The van der Waals surface area contributed by atoms with E-state index in [0.29, 0.717) is 18.0 Å². The number of aromatic nitrogens is 2. The van der Waals surface area contributed by atoms with Gasteiger partial charge in [0.15, 0.2) is 17.5 Å². The van der Waals surface area contributed by atoms with Crippen molar-refractivity contribution in [2.24, 2.45) is 5.92 Å². The van der Waals surface area contributed by atoms with E-state index in [4.69, 9.17) is 0 Å². The number of rotatable bonds is 5. The van der Waals surface area contributed by atoms with Crippen molar-refractivity contribution in [3.05, 3.63) is 53.4 Å². The summed E-state index contributed by atoms with van der Waals surface area (Å²) in [4.78, 5) is 6.75. The molecule has 3 nitrogen and oxygen atoms in total. The SMILES string of the molecule is Fc1cc(CN2CCC[C@H](c3nccn3CC3CC3)C2)cc(F)c1F. The molecule has 1 saturated carbocycles. The van der Waals surface area contributed by atoms with E-state index < -0.39 is 17.5 Å². The van der Waals surface area contributed by atoms with Gasteiger partial charge in [0, 0.05) is 37.9 Å². The summed E-state index contributed by atoms with van der Waals surface area (Å²) < 4.78 is 42.2. The van der Waals surface area contributed by atoms with Crippen LogP contribution < -0.4 is 0 Å². The minimum absolute atomic E-state index is 0.331. The van der Waals surface area contributed by atoms with Crippen molar-refractivity contribution in [1.29, 1.82) is 0 Å². The highest BCUT2D eigenvalue weighted by atomic mass is 19.2. The van der Waals surface area contributed by atoms with Gasteiger partial charge in [0.2, 0.25) is 0 Å². The third-order valence-electron chi connectivity index (χ3n) is 5.22. The predicted octanol–water partition coefficient (Wildman–Crippen LogP) is 4.09. The van der Waals surface area contributed by atoms with Crippen LogP contribution in [-0.4, -0.2) is 27.5 Å². The van der Waals surface area contributed by atoms with Crippen LogP contribution in [0.3, 0.4) is 0 Å². The van der Waals surface area contributed by atoms with Crippen LogP contribution in [0.25, 0.3) is 0 Å². The van der Waals surface area contributed by atoms with Gasteiger partial charge in [-0.2, -0.15) is 0 Å². The van der Waals surface area contributed by atoms with E-state index in [9.17, 15) is 13.2 Å². The fourth-order valence-corrected chi connectivity index (χ4v) is 3.78. The normalized spacial score (nSPS) is 21.6. The van der Waals surface area contributed by atoms with Crippen molar-refractivity contribution in [2.75, 3.05) is 13.1 Å². The molecular weight excluding hydrogens is 327 g/mol. The first kappa shape index (κ1) is 16.6. The first-order chi connectivity index (χ1) is 12.1. The van der Waals surface area contributed by atoms with Crippen molar-refractivity contribution >= 4 is 0 Å². The van der Waals surface area contributed by atoms with E-state index in [0.717, 1.165) is 56.4 Å². The number of benzene rings is 1. The molecule has 1 saturated heterocycles. The highest BCUT2D eigenvalue weighted by Crippen LogP contribution is 2.33. The van der Waals surface area contributed by atoms with Crippen LogP contribution in [0.5, 0.6) is 0 Å². The average Bonchev–Trinajstić information content (AvgIpc) is 3.28. The molecule has 1 aromatic carbocycles. The van der Waals surface area contributed by atoms with Gasteiger partial charge in [-0.15, -0.1) is 0 Å². The minimum atomic E-state index is -1.40. The Labute approximate surface area is 145 Å². The maximum Gasteiger partial charge on any atom is 0.194 e. The lowest BCUT2D eigenvalue weighted by Crippen LogP contribution is -2.35. The molecule has 1 atom stereocenters. The molecule has 2 aliphatic rings. The lowest BCUT2D eigenvalue weighted by Gasteiger charge is -2.32. The number of hydrogen-bond acceptors (Lipinski definition) is 2. The fourth-order valence-electron chi connectivity index (χ4n) is 3.78. The van der Waals surface area contributed by atoms with E-state index in [2.05, 4.69) is 20.6 Å². The van der Waals surface area contributed by atoms with E-state index in [1.807, 2.05) is 6.20 Å². The molecule has 1 aromatic heterocycles. The van der Waals surface area contributed by atoms with Crippen LogP contribution >= 0.6 is 0 Å². The summed E-state index contributed by atoms with van der Waals surface area (Å²) in [5, 5.41) is 0. The van der Waals surface area contributed by atoms with Crippen LogP contribution in [-0.2, 0) is 13.1 Å². The largest absolute Gasteiger partial charge is 0.334 e. The molecule has 0 radical (unpaired) electrons. The molecule has 134 valence electrons. The Morgan fingerprint density at radius 2 is 1.84 bits per heavy atom. The molecule has 1 aliphatic carbocycles. The summed E-state index contributed by atoms with van der Waals surface area (Å²) in [7, 11) is 0. The molecule has 2 heterocycles. The standard InChI is InChI=1S/C19H22F3N3/c20-16-8-14(9-17(21)18(16)22)10-24-6-1-2-15(12-24)19-23-5-7-25(19)11-13-3-4-13/h5,7-9,13,15H,1-4,6,10-12H2/t15-/m0/s1.